The summed E-state index contributed by atoms with van der Waals surface area (Å²) in [6.07, 6.45) is -0.819. The number of rotatable bonds is 5. The molecule has 7 heteroatoms. The van der Waals surface area contributed by atoms with Crippen LogP contribution in [0.3, 0.4) is 0 Å². The summed E-state index contributed by atoms with van der Waals surface area (Å²) in [4.78, 5) is 22.6. The number of hydrogen-bond acceptors (Lipinski definition) is 3. The van der Waals surface area contributed by atoms with Gasteiger partial charge in [0.1, 0.15) is 11.8 Å². The third-order valence-electron chi connectivity index (χ3n) is 2.35. The molecule has 5 nitrogen and oxygen atoms in total. The Morgan fingerprint density at radius 3 is 2.47 bits per heavy atom. The van der Waals surface area contributed by atoms with Gasteiger partial charge in [-0.05, 0) is 32.0 Å². The standard InChI is InChI=1S/C12H14Cl2N2O3/c1-6(11(15)17)16-12(18)7(2)19-10-4-3-8(13)5-9(10)14/h3-7H,1-2H3,(H2,15,17)(H,16,18). The fourth-order valence-electron chi connectivity index (χ4n) is 1.22. The fourth-order valence-corrected chi connectivity index (χ4v) is 1.67. The quantitative estimate of drug-likeness (QED) is 0.869. The maximum absolute atomic E-state index is 11.7. The second-order valence-electron chi connectivity index (χ2n) is 3.97. The average molecular weight is 305 g/mol. The molecule has 0 aliphatic heterocycles. The molecule has 0 saturated carbocycles. The number of halogens is 2. The maximum Gasteiger partial charge on any atom is 0.261 e. The van der Waals surface area contributed by atoms with Gasteiger partial charge in [-0.3, -0.25) is 9.59 Å². The normalized spacial score (nSPS) is 13.5. The first-order valence-electron chi connectivity index (χ1n) is 5.52. The molecular weight excluding hydrogens is 291 g/mol. The predicted molar refractivity (Wildman–Crippen MR) is 73.4 cm³/mol. The van der Waals surface area contributed by atoms with Gasteiger partial charge in [0, 0.05) is 5.02 Å². The van der Waals surface area contributed by atoms with E-state index in [-0.39, 0.29) is 0 Å². The van der Waals surface area contributed by atoms with Gasteiger partial charge in [-0.1, -0.05) is 23.2 Å². The third kappa shape index (κ3) is 4.61. The molecule has 0 fully saturated rings. The second kappa shape index (κ2) is 6.63. The van der Waals surface area contributed by atoms with Gasteiger partial charge in [0.2, 0.25) is 5.91 Å². The molecule has 0 aliphatic rings. The van der Waals surface area contributed by atoms with Crippen LogP contribution in [0.4, 0.5) is 0 Å². The first-order valence-corrected chi connectivity index (χ1v) is 6.28. The van der Waals surface area contributed by atoms with Crippen molar-refractivity contribution in [1.29, 1.82) is 0 Å². The van der Waals surface area contributed by atoms with Crippen LogP contribution in [0.25, 0.3) is 0 Å². The molecule has 0 bridgehead atoms. The zero-order valence-electron chi connectivity index (χ0n) is 10.4. The first-order chi connectivity index (χ1) is 8.81. The molecule has 3 N–H and O–H groups in total. The van der Waals surface area contributed by atoms with Crippen LogP contribution in [0.15, 0.2) is 18.2 Å². The Morgan fingerprint density at radius 1 is 1.32 bits per heavy atom. The summed E-state index contributed by atoms with van der Waals surface area (Å²) in [5.74, 6) is -0.747. The first kappa shape index (κ1) is 15.6. The van der Waals surface area contributed by atoms with Crippen molar-refractivity contribution in [2.24, 2.45) is 5.73 Å². The lowest BCUT2D eigenvalue weighted by molar-refractivity contribution is -0.131. The van der Waals surface area contributed by atoms with Crippen LogP contribution < -0.4 is 15.8 Å². The largest absolute Gasteiger partial charge is 0.479 e. The minimum absolute atomic E-state index is 0.301. The highest BCUT2D eigenvalue weighted by molar-refractivity contribution is 6.35. The summed E-state index contributed by atoms with van der Waals surface area (Å²) >= 11 is 11.7. The molecule has 1 aromatic rings. The zero-order chi connectivity index (χ0) is 14.6. The number of nitrogens with two attached hydrogens (primary N) is 1. The molecule has 2 amide bonds. The Kier molecular flexibility index (Phi) is 5.44. The zero-order valence-corrected chi connectivity index (χ0v) is 12.0. The Hall–Kier alpha value is -1.46. The molecule has 2 atom stereocenters. The molecule has 2 unspecified atom stereocenters. The van der Waals surface area contributed by atoms with Crippen LogP contribution in [0.1, 0.15) is 13.8 Å². The van der Waals surface area contributed by atoms with Crippen molar-refractivity contribution in [2.75, 3.05) is 0 Å². The van der Waals surface area contributed by atoms with E-state index < -0.39 is 24.0 Å². The lowest BCUT2D eigenvalue weighted by Crippen LogP contribution is -2.47. The SMILES string of the molecule is CC(NC(=O)C(C)Oc1ccc(Cl)cc1Cl)C(N)=O. The summed E-state index contributed by atoms with van der Waals surface area (Å²) in [6.45, 7) is 3.02. The lowest BCUT2D eigenvalue weighted by atomic mass is 10.3. The van der Waals surface area contributed by atoms with Crippen molar-refractivity contribution in [3.8, 4) is 5.75 Å². The molecule has 19 heavy (non-hydrogen) atoms. The molecule has 0 aliphatic carbocycles. The number of ether oxygens (including phenoxy) is 1. The Balaban J connectivity index is 2.66. The molecule has 104 valence electrons. The van der Waals surface area contributed by atoms with Gasteiger partial charge in [-0.25, -0.2) is 0 Å². The maximum atomic E-state index is 11.7. The van der Waals surface area contributed by atoms with Crippen molar-refractivity contribution in [2.45, 2.75) is 26.0 Å². The van der Waals surface area contributed by atoms with Crippen LogP contribution in [0.5, 0.6) is 5.75 Å². The summed E-state index contributed by atoms with van der Waals surface area (Å²) in [5.41, 5.74) is 5.05. The van der Waals surface area contributed by atoms with Crippen molar-refractivity contribution < 1.29 is 14.3 Å². The van der Waals surface area contributed by atoms with Crippen molar-refractivity contribution in [3.63, 3.8) is 0 Å². The summed E-state index contributed by atoms with van der Waals surface area (Å²) in [7, 11) is 0. The van der Waals surface area contributed by atoms with E-state index in [2.05, 4.69) is 5.32 Å². The van der Waals surface area contributed by atoms with E-state index in [0.29, 0.717) is 15.8 Å². The number of nitrogens with one attached hydrogen (secondary N) is 1. The topological polar surface area (TPSA) is 81.4 Å². The van der Waals surface area contributed by atoms with Crippen molar-refractivity contribution in [1.82, 2.24) is 5.32 Å². The molecule has 1 aromatic carbocycles. The van der Waals surface area contributed by atoms with Crippen LogP contribution in [0, 0.1) is 0 Å². The van der Waals surface area contributed by atoms with Crippen LogP contribution in [-0.2, 0) is 9.59 Å². The van der Waals surface area contributed by atoms with Crippen molar-refractivity contribution in [3.05, 3.63) is 28.2 Å². The molecule has 0 heterocycles. The van der Waals surface area contributed by atoms with Gasteiger partial charge in [0.25, 0.3) is 5.91 Å². The highest BCUT2D eigenvalue weighted by Gasteiger charge is 2.20. The van der Waals surface area contributed by atoms with Crippen molar-refractivity contribution >= 4 is 35.0 Å². The Labute approximate surface area is 121 Å². The van der Waals surface area contributed by atoms with Gasteiger partial charge in [0.15, 0.2) is 6.10 Å². The number of carbonyl (C=O) groups excluding carboxylic acids is 2. The monoisotopic (exact) mass is 304 g/mol. The average Bonchev–Trinajstić information content (AvgIpc) is 2.32. The van der Waals surface area contributed by atoms with Gasteiger partial charge in [0.05, 0.1) is 5.02 Å². The molecule has 0 spiro atoms. The number of hydrogen-bond donors (Lipinski definition) is 2. The second-order valence-corrected chi connectivity index (χ2v) is 4.81. The van der Waals surface area contributed by atoms with E-state index in [1.54, 1.807) is 12.1 Å². The number of benzene rings is 1. The van der Waals surface area contributed by atoms with Crippen LogP contribution in [-0.4, -0.2) is 24.0 Å². The smallest absolute Gasteiger partial charge is 0.261 e. The highest BCUT2D eigenvalue weighted by Crippen LogP contribution is 2.28. The predicted octanol–water partition coefficient (Wildman–Crippen LogP) is 1.75. The van der Waals surface area contributed by atoms with E-state index in [1.807, 2.05) is 0 Å². The molecule has 0 aromatic heterocycles. The summed E-state index contributed by atoms with van der Waals surface area (Å²) in [6, 6.07) is 3.90. The molecular formula is C12H14Cl2N2O3. The fraction of sp³-hybridized carbons (Fsp3) is 0.333. The number of amides is 2. The van der Waals surface area contributed by atoms with Crippen LogP contribution in [0.2, 0.25) is 10.0 Å². The van der Waals surface area contributed by atoms with E-state index in [4.69, 9.17) is 33.7 Å². The Bertz CT molecular complexity index is 494. The summed E-state index contributed by atoms with van der Waals surface area (Å²) in [5, 5.41) is 3.19. The minimum Gasteiger partial charge on any atom is -0.479 e. The van der Waals surface area contributed by atoms with Crippen LogP contribution >= 0.6 is 23.2 Å². The molecule has 0 radical (unpaired) electrons. The molecule has 1 rings (SSSR count). The van der Waals surface area contributed by atoms with E-state index >= 15 is 0 Å². The van der Waals surface area contributed by atoms with Gasteiger partial charge in [-0.15, -0.1) is 0 Å². The van der Waals surface area contributed by atoms with E-state index in [9.17, 15) is 9.59 Å². The Morgan fingerprint density at radius 2 is 1.95 bits per heavy atom. The minimum atomic E-state index is -0.819. The van der Waals surface area contributed by atoms with Gasteiger partial charge < -0.3 is 15.8 Å². The summed E-state index contributed by atoms with van der Waals surface area (Å²) < 4.78 is 5.39. The number of primary amides is 1. The molecule has 0 saturated heterocycles. The third-order valence-corrected chi connectivity index (χ3v) is 2.88. The highest BCUT2D eigenvalue weighted by atomic mass is 35.5. The van der Waals surface area contributed by atoms with E-state index in [1.165, 1.54) is 19.9 Å². The number of carbonyl (C=O) groups is 2. The van der Waals surface area contributed by atoms with Gasteiger partial charge >= 0.3 is 0 Å². The van der Waals surface area contributed by atoms with E-state index in [0.717, 1.165) is 0 Å². The lowest BCUT2D eigenvalue weighted by Gasteiger charge is -2.17. The van der Waals surface area contributed by atoms with Gasteiger partial charge in [-0.2, -0.15) is 0 Å².